The van der Waals surface area contributed by atoms with Crippen LogP contribution in [0.5, 0.6) is 0 Å². The highest BCUT2D eigenvalue weighted by Crippen LogP contribution is 2.38. The van der Waals surface area contributed by atoms with Gasteiger partial charge in [-0.05, 0) is 65.8 Å². The molecule has 3 unspecified atom stereocenters. The zero-order chi connectivity index (χ0) is 29.1. The predicted molar refractivity (Wildman–Crippen MR) is 155 cm³/mol. The number of nitrogens with zero attached hydrogens (tertiary/aromatic N) is 2. The van der Waals surface area contributed by atoms with E-state index in [0.29, 0.717) is 24.1 Å². The molecule has 0 saturated heterocycles. The Morgan fingerprint density at radius 1 is 0.927 bits per heavy atom. The van der Waals surface area contributed by atoms with Gasteiger partial charge in [-0.15, -0.1) is 23.2 Å². The van der Waals surface area contributed by atoms with Crippen molar-refractivity contribution in [3.63, 3.8) is 0 Å². The number of halogens is 5. The highest BCUT2D eigenvalue weighted by molar-refractivity contribution is 6.24. The summed E-state index contributed by atoms with van der Waals surface area (Å²) in [4.78, 5) is 16.9. The highest BCUT2D eigenvalue weighted by atomic mass is 35.5. The summed E-state index contributed by atoms with van der Waals surface area (Å²) < 4.78 is 45.7. The van der Waals surface area contributed by atoms with Gasteiger partial charge in [0.25, 0.3) is 0 Å². The first-order valence-corrected chi connectivity index (χ1v) is 14.3. The molecule has 0 radical (unpaired) electrons. The van der Waals surface area contributed by atoms with Crippen LogP contribution in [0.2, 0.25) is 0 Å². The Labute approximate surface area is 247 Å². The summed E-state index contributed by atoms with van der Waals surface area (Å²) in [6, 6.07) is 20.2. The van der Waals surface area contributed by atoms with Crippen LogP contribution in [0.3, 0.4) is 0 Å². The van der Waals surface area contributed by atoms with Crippen LogP contribution in [-0.2, 0) is 23.9 Å². The van der Waals surface area contributed by atoms with Gasteiger partial charge in [0.15, 0.2) is 0 Å². The van der Waals surface area contributed by atoms with E-state index in [1.165, 1.54) is 19.2 Å². The summed E-state index contributed by atoms with van der Waals surface area (Å²) in [6.45, 7) is 0.561. The van der Waals surface area contributed by atoms with Crippen LogP contribution in [0.4, 0.5) is 13.2 Å². The molecule has 0 aliphatic heterocycles. The maximum absolute atomic E-state index is 12.9. The maximum Gasteiger partial charge on any atom is 0.416 e. The van der Waals surface area contributed by atoms with Gasteiger partial charge in [0.1, 0.15) is 5.82 Å². The summed E-state index contributed by atoms with van der Waals surface area (Å²) in [5, 5.41) is -0.0170. The summed E-state index contributed by atoms with van der Waals surface area (Å²) >= 11 is 13.1. The average Bonchev–Trinajstić information content (AvgIpc) is 3.34. The molecule has 0 spiro atoms. The van der Waals surface area contributed by atoms with Crippen LogP contribution in [-0.4, -0.2) is 33.4 Å². The van der Waals surface area contributed by atoms with Crippen molar-refractivity contribution in [2.75, 3.05) is 7.11 Å². The number of methoxy groups -OCH3 is 1. The van der Waals surface area contributed by atoms with Crippen molar-refractivity contribution >= 4 is 29.2 Å². The molecule has 3 aromatic carbocycles. The number of imidazole rings is 1. The molecule has 1 aliphatic rings. The van der Waals surface area contributed by atoms with E-state index in [1.54, 1.807) is 12.1 Å². The maximum atomic E-state index is 12.9. The summed E-state index contributed by atoms with van der Waals surface area (Å²) in [7, 11) is 1.35. The Hall–Kier alpha value is -3.29. The molecular weight excluding hydrogens is 572 g/mol. The number of alkyl halides is 5. The monoisotopic (exact) mass is 600 g/mol. The second-order valence-electron chi connectivity index (χ2n) is 10.4. The zero-order valence-corrected chi connectivity index (χ0v) is 23.9. The van der Waals surface area contributed by atoms with Crippen molar-refractivity contribution in [2.45, 2.75) is 55.1 Å². The van der Waals surface area contributed by atoms with Crippen molar-refractivity contribution < 1.29 is 22.7 Å². The molecule has 5 rings (SSSR count). The van der Waals surface area contributed by atoms with Crippen molar-refractivity contribution in [3.05, 3.63) is 113 Å². The van der Waals surface area contributed by atoms with Crippen LogP contribution in [0.1, 0.15) is 63.7 Å². The normalized spacial score (nSPS) is 19.2. The molecule has 9 heteroatoms. The van der Waals surface area contributed by atoms with Crippen LogP contribution in [0.15, 0.2) is 79.0 Å². The molecular formula is C32H29Cl2F3N2O2. The molecule has 214 valence electrons. The van der Waals surface area contributed by atoms with Gasteiger partial charge in [0.2, 0.25) is 0 Å². The van der Waals surface area contributed by atoms with E-state index in [2.05, 4.69) is 10.8 Å². The molecule has 4 aromatic rings. The number of carbonyl (C=O) groups is 1. The van der Waals surface area contributed by atoms with Gasteiger partial charge in [-0.2, -0.15) is 13.2 Å². The second kappa shape index (κ2) is 12.3. The van der Waals surface area contributed by atoms with E-state index in [1.807, 2.05) is 36.4 Å². The molecule has 4 nitrogen and oxygen atoms in total. The second-order valence-corrected chi connectivity index (χ2v) is 11.6. The van der Waals surface area contributed by atoms with Crippen molar-refractivity contribution in [1.29, 1.82) is 0 Å². The van der Waals surface area contributed by atoms with Gasteiger partial charge < -0.3 is 9.30 Å². The minimum absolute atomic E-state index is 0.0758. The van der Waals surface area contributed by atoms with Gasteiger partial charge in [-0.25, -0.2) is 9.78 Å². The number of esters is 1. The van der Waals surface area contributed by atoms with Crippen LogP contribution in [0.25, 0.3) is 11.1 Å². The fourth-order valence-corrected chi connectivity index (χ4v) is 6.12. The lowest BCUT2D eigenvalue weighted by Gasteiger charge is -2.28. The Balaban J connectivity index is 1.39. The average molecular weight is 601 g/mol. The van der Waals surface area contributed by atoms with E-state index in [9.17, 15) is 18.0 Å². The standard InChI is InChI=1S/C32H29Cl2F3N2O2/c1-41-31(40)24-8-4-21(5-9-24)18-39-19-29(27-15-14-26(33)17-28(27)34)38-30(39)16-20-2-6-22(7-3-20)23-10-12-25(13-11-23)32(35,36)37/h2-13,19,26-28H,14-18H2,1H3. The van der Waals surface area contributed by atoms with Crippen LogP contribution >= 0.6 is 23.2 Å². The molecule has 1 heterocycles. The number of benzene rings is 3. The smallest absolute Gasteiger partial charge is 0.416 e. The molecule has 41 heavy (non-hydrogen) atoms. The van der Waals surface area contributed by atoms with Gasteiger partial charge in [-0.1, -0.05) is 48.5 Å². The summed E-state index contributed by atoms with van der Waals surface area (Å²) in [6.07, 6.45) is 0.752. The Morgan fingerprint density at radius 3 is 2.12 bits per heavy atom. The first-order chi connectivity index (χ1) is 19.6. The Kier molecular flexibility index (Phi) is 8.76. The zero-order valence-electron chi connectivity index (χ0n) is 22.4. The lowest BCUT2D eigenvalue weighted by atomic mass is 9.86. The Bertz CT molecular complexity index is 1480. The number of rotatable bonds is 7. The van der Waals surface area contributed by atoms with Gasteiger partial charge in [0, 0.05) is 35.8 Å². The lowest BCUT2D eigenvalue weighted by molar-refractivity contribution is -0.137. The summed E-state index contributed by atoms with van der Waals surface area (Å²) in [5.74, 6) is 0.594. The SMILES string of the molecule is COC(=O)c1ccc(Cn2cc(C3CCC(Cl)CC3Cl)nc2Cc2ccc(-c3ccc(C(F)(F)F)cc3)cc2)cc1. The third-order valence-corrected chi connectivity index (χ3v) is 8.43. The third kappa shape index (κ3) is 6.96. The predicted octanol–water partition coefficient (Wildman–Crippen LogP) is 8.48. The number of hydrogen-bond donors (Lipinski definition) is 0. The fourth-order valence-electron chi connectivity index (χ4n) is 5.24. The highest BCUT2D eigenvalue weighted by Gasteiger charge is 2.32. The van der Waals surface area contributed by atoms with Crippen molar-refractivity contribution in [2.24, 2.45) is 0 Å². The number of aromatic nitrogens is 2. The molecule has 0 amide bonds. The lowest BCUT2D eigenvalue weighted by Crippen LogP contribution is -2.24. The Morgan fingerprint density at radius 2 is 1.54 bits per heavy atom. The minimum atomic E-state index is -4.36. The molecule has 0 N–H and O–H groups in total. The van der Waals surface area contributed by atoms with E-state index in [4.69, 9.17) is 32.9 Å². The fraction of sp³-hybridized carbons (Fsp3) is 0.312. The molecule has 1 aromatic heterocycles. The number of carbonyl (C=O) groups excluding carboxylic acids is 1. The van der Waals surface area contributed by atoms with Gasteiger partial charge in [-0.3, -0.25) is 0 Å². The molecule has 3 atom stereocenters. The molecule has 0 bridgehead atoms. The first kappa shape index (κ1) is 29.2. The van der Waals surface area contributed by atoms with Crippen LogP contribution in [0, 0.1) is 0 Å². The molecule has 1 aliphatic carbocycles. The quantitative estimate of drug-likeness (QED) is 0.158. The first-order valence-electron chi connectivity index (χ1n) is 13.4. The topological polar surface area (TPSA) is 44.1 Å². The van der Waals surface area contributed by atoms with E-state index >= 15 is 0 Å². The van der Waals surface area contributed by atoms with Crippen molar-refractivity contribution in [3.8, 4) is 11.1 Å². The number of ether oxygens (including phenoxy) is 1. The van der Waals surface area contributed by atoms with Crippen molar-refractivity contribution in [1.82, 2.24) is 9.55 Å². The van der Waals surface area contributed by atoms with Gasteiger partial charge in [0.05, 0.1) is 23.9 Å². The van der Waals surface area contributed by atoms with Crippen LogP contribution < -0.4 is 0 Å². The minimum Gasteiger partial charge on any atom is -0.465 e. The summed E-state index contributed by atoms with van der Waals surface area (Å²) in [5.41, 5.74) is 4.33. The van der Waals surface area contributed by atoms with E-state index in [-0.39, 0.29) is 22.6 Å². The van der Waals surface area contributed by atoms with E-state index in [0.717, 1.165) is 59.6 Å². The third-order valence-electron chi connectivity index (χ3n) is 7.56. The molecule has 1 fully saturated rings. The molecule has 1 saturated carbocycles. The largest absolute Gasteiger partial charge is 0.465 e. The number of hydrogen-bond acceptors (Lipinski definition) is 3. The van der Waals surface area contributed by atoms with Gasteiger partial charge >= 0.3 is 12.1 Å². The van der Waals surface area contributed by atoms with E-state index < -0.39 is 11.7 Å².